The fourth-order valence-corrected chi connectivity index (χ4v) is 3.99. The zero-order valence-corrected chi connectivity index (χ0v) is 17.6. The second-order valence-electron chi connectivity index (χ2n) is 6.79. The van der Waals surface area contributed by atoms with Crippen LogP contribution in [0.3, 0.4) is 0 Å². The van der Waals surface area contributed by atoms with Crippen LogP contribution in [0.4, 0.5) is 11.4 Å². The van der Waals surface area contributed by atoms with Crippen molar-refractivity contribution in [1.29, 1.82) is 0 Å². The Hall–Kier alpha value is -2.25. The van der Waals surface area contributed by atoms with Crippen molar-refractivity contribution < 1.29 is 13.2 Å². The second kappa shape index (κ2) is 8.41. The van der Waals surface area contributed by atoms with Gasteiger partial charge in [0, 0.05) is 48.1 Å². The number of nitrogens with zero attached hydrogens (tertiary/aromatic N) is 2. The maximum atomic E-state index is 12.8. The normalized spacial score (nSPS) is 14.8. The zero-order valence-electron chi connectivity index (χ0n) is 16.0. The predicted molar refractivity (Wildman–Crippen MR) is 114 cm³/mol. The van der Waals surface area contributed by atoms with Crippen LogP contribution in [0.1, 0.15) is 22.8 Å². The van der Waals surface area contributed by atoms with E-state index in [2.05, 4.69) is 16.5 Å². The fourth-order valence-electron chi connectivity index (χ4n) is 3.19. The molecule has 28 heavy (non-hydrogen) atoms. The van der Waals surface area contributed by atoms with Gasteiger partial charge in [-0.25, -0.2) is 8.42 Å². The number of benzene rings is 2. The number of hydrogen-bond donors (Lipinski definition) is 1. The Kier molecular flexibility index (Phi) is 6.15. The average Bonchev–Trinajstić information content (AvgIpc) is 2.70. The number of sulfonamides is 1. The summed E-state index contributed by atoms with van der Waals surface area (Å²) < 4.78 is 25.7. The lowest BCUT2D eigenvalue weighted by molar-refractivity contribution is 0.0747. The van der Waals surface area contributed by atoms with Gasteiger partial charge in [0.15, 0.2) is 0 Å². The fraction of sp³-hybridized carbons (Fsp3) is 0.350. The molecule has 0 bridgehead atoms. The first-order chi connectivity index (χ1) is 13.3. The number of piperazine rings is 1. The van der Waals surface area contributed by atoms with Crippen molar-refractivity contribution in [3.05, 3.63) is 58.6 Å². The molecule has 1 saturated heterocycles. The summed E-state index contributed by atoms with van der Waals surface area (Å²) >= 11 is 6.12. The Morgan fingerprint density at radius 2 is 1.71 bits per heavy atom. The van der Waals surface area contributed by atoms with Gasteiger partial charge in [-0.15, -0.1) is 0 Å². The van der Waals surface area contributed by atoms with Crippen molar-refractivity contribution in [2.24, 2.45) is 0 Å². The van der Waals surface area contributed by atoms with Crippen LogP contribution in [0.2, 0.25) is 5.02 Å². The van der Waals surface area contributed by atoms with Crippen molar-refractivity contribution >= 4 is 38.9 Å². The van der Waals surface area contributed by atoms with Crippen LogP contribution in [-0.2, 0) is 10.0 Å². The summed E-state index contributed by atoms with van der Waals surface area (Å²) in [5.74, 6) is -0.0447. The van der Waals surface area contributed by atoms with Crippen molar-refractivity contribution in [1.82, 2.24) is 4.90 Å². The van der Waals surface area contributed by atoms with Gasteiger partial charge >= 0.3 is 0 Å². The lowest BCUT2D eigenvalue weighted by Gasteiger charge is -2.37. The summed E-state index contributed by atoms with van der Waals surface area (Å²) in [6.07, 6.45) is 0. The number of anilines is 2. The lowest BCUT2D eigenvalue weighted by Crippen LogP contribution is -2.49. The third-order valence-corrected chi connectivity index (χ3v) is 6.41. The van der Waals surface area contributed by atoms with Gasteiger partial charge < -0.3 is 9.80 Å². The zero-order chi connectivity index (χ0) is 20.3. The van der Waals surface area contributed by atoms with Crippen LogP contribution in [0, 0.1) is 6.92 Å². The third kappa shape index (κ3) is 4.77. The molecule has 0 spiro atoms. The van der Waals surface area contributed by atoms with E-state index in [1.54, 1.807) is 31.2 Å². The van der Waals surface area contributed by atoms with Gasteiger partial charge in [-0.2, -0.15) is 0 Å². The molecule has 1 fully saturated rings. The first kappa shape index (κ1) is 20.5. The van der Waals surface area contributed by atoms with Crippen molar-refractivity contribution in [2.75, 3.05) is 41.6 Å². The van der Waals surface area contributed by atoms with Crippen molar-refractivity contribution in [3.8, 4) is 0 Å². The minimum atomic E-state index is -3.33. The molecule has 3 rings (SSSR count). The summed E-state index contributed by atoms with van der Waals surface area (Å²) in [7, 11) is -3.33. The van der Waals surface area contributed by atoms with E-state index in [-0.39, 0.29) is 11.7 Å². The van der Waals surface area contributed by atoms with Gasteiger partial charge in [0.1, 0.15) is 0 Å². The molecule has 150 valence electrons. The second-order valence-corrected chi connectivity index (χ2v) is 9.24. The molecule has 1 N–H and O–H groups in total. The number of nitrogens with one attached hydrogen (secondary N) is 1. The van der Waals surface area contributed by atoms with Gasteiger partial charge in [-0.1, -0.05) is 17.7 Å². The Balaban J connectivity index is 1.63. The first-order valence-electron chi connectivity index (χ1n) is 9.20. The van der Waals surface area contributed by atoms with Gasteiger partial charge in [-0.05, 0) is 55.8 Å². The molecule has 1 aliphatic heterocycles. The van der Waals surface area contributed by atoms with E-state index in [4.69, 9.17) is 11.6 Å². The minimum Gasteiger partial charge on any atom is -0.368 e. The summed E-state index contributed by atoms with van der Waals surface area (Å²) in [6.45, 7) is 6.34. The Morgan fingerprint density at radius 1 is 1.07 bits per heavy atom. The third-order valence-electron chi connectivity index (χ3n) is 4.86. The van der Waals surface area contributed by atoms with E-state index in [9.17, 15) is 13.2 Å². The molecule has 0 radical (unpaired) electrons. The summed E-state index contributed by atoms with van der Waals surface area (Å²) in [6, 6.07) is 12.4. The minimum absolute atomic E-state index is 0.00403. The number of hydrogen-bond acceptors (Lipinski definition) is 4. The average molecular weight is 422 g/mol. The van der Waals surface area contributed by atoms with Crippen molar-refractivity contribution in [2.45, 2.75) is 13.8 Å². The van der Waals surface area contributed by atoms with Crippen LogP contribution in [0.15, 0.2) is 42.5 Å². The van der Waals surface area contributed by atoms with Crippen molar-refractivity contribution in [3.63, 3.8) is 0 Å². The van der Waals surface area contributed by atoms with Gasteiger partial charge in [0.2, 0.25) is 10.0 Å². The Morgan fingerprint density at radius 3 is 2.32 bits per heavy atom. The van der Waals surface area contributed by atoms with Crippen LogP contribution in [0.5, 0.6) is 0 Å². The highest BCUT2D eigenvalue weighted by Gasteiger charge is 2.23. The molecule has 8 heteroatoms. The van der Waals surface area contributed by atoms with E-state index in [0.29, 0.717) is 29.4 Å². The van der Waals surface area contributed by atoms with E-state index in [1.165, 1.54) is 0 Å². The predicted octanol–water partition coefficient (Wildman–Crippen LogP) is 3.37. The van der Waals surface area contributed by atoms with Crippen LogP contribution in [0.25, 0.3) is 0 Å². The van der Waals surface area contributed by atoms with E-state index < -0.39 is 10.0 Å². The molecule has 2 aromatic carbocycles. The molecule has 0 aliphatic carbocycles. The molecule has 6 nitrogen and oxygen atoms in total. The lowest BCUT2D eigenvalue weighted by atomic mass is 10.1. The summed E-state index contributed by atoms with van der Waals surface area (Å²) in [5, 5.41) is 0.706. The first-order valence-corrected chi connectivity index (χ1v) is 11.2. The topological polar surface area (TPSA) is 69.7 Å². The highest BCUT2D eigenvalue weighted by molar-refractivity contribution is 7.92. The number of amides is 1. The van der Waals surface area contributed by atoms with Crippen LogP contribution >= 0.6 is 11.6 Å². The number of rotatable bonds is 5. The standard InChI is InChI=1S/C20H24ClN3O3S/c1-3-28(26,27)22-18-8-5-16(6-9-18)20(25)24-12-10-23(11-13-24)19-14-17(21)7-4-15(19)2/h4-9,14,22H,3,10-13H2,1-2H3. The SMILES string of the molecule is CCS(=O)(=O)Nc1ccc(C(=O)N2CCN(c3cc(Cl)ccc3C)CC2)cc1. The molecular weight excluding hydrogens is 398 g/mol. The van der Waals surface area contributed by atoms with Gasteiger partial charge in [0.05, 0.1) is 5.75 Å². The smallest absolute Gasteiger partial charge is 0.253 e. The number of carbonyl (C=O) groups excluding carboxylic acids is 1. The van der Waals surface area contributed by atoms with Gasteiger partial charge in [0.25, 0.3) is 5.91 Å². The maximum Gasteiger partial charge on any atom is 0.253 e. The molecule has 0 saturated carbocycles. The van der Waals surface area contributed by atoms with Crippen LogP contribution < -0.4 is 9.62 Å². The number of carbonyl (C=O) groups is 1. The Bertz CT molecular complexity index is 953. The summed E-state index contributed by atoms with van der Waals surface area (Å²) in [4.78, 5) is 16.8. The molecule has 1 aliphatic rings. The molecule has 1 amide bonds. The van der Waals surface area contributed by atoms with Gasteiger partial charge in [-0.3, -0.25) is 9.52 Å². The Labute approximate surface area is 171 Å². The van der Waals surface area contributed by atoms with Crippen LogP contribution in [-0.4, -0.2) is 51.2 Å². The molecule has 0 aromatic heterocycles. The monoisotopic (exact) mass is 421 g/mol. The highest BCUT2D eigenvalue weighted by Crippen LogP contribution is 2.25. The maximum absolute atomic E-state index is 12.8. The molecular formula is C20H24ClN3O3S. The molecule has 2 aromatic rings. The van der Waals surface area contributed by atoms with E-state index >= 15 is 0 Å². The molecule has 0 atom stereocenters. The van der Waals surface area contributed by atoms with E-state index in [1.807, 2.05) is 23.1 Å². The molecule has 0 unspecified atom stereocenters. The number of aryl methyl sites for hydroxylation is 1. The number of halogens is 1. The summed E-state index contributed by atoms with van der Waals surface area (Å²) in [5.41, 5.74) is 3.27. The molecule has 1 heterocycles. The quantitative estimate of drug-likeness (QED) is 0.803. The largest absolute Gasteiger partial charge is 0.368 e. The highest BCUT2D eigenvalue weighted by atomic mass is 35.5. The van der Waals surface area contributed by atoms with E-state index in [0.717, 1.165) is 24.3 Å².